The minimum atomic E-state index is 0.427. The molecule has 4 nitrogen and oxygen atoms in total. The third-order valence-corrected chi connectivity index (χ3v) is 2.40. The number of thiazole rings is 1. The van der Waals surface area contributed by atoms with Crippen molar-refractivity contribution in [1.82, 2.24) is 9.97 Å². The average Bonchev–Trinajstić information content (AvgIpc) is 2.58. The second-order valence-corrected chi connectivity index (χ2v) is 3.29. The van der Waals surface area contributed by atoms with Crippen LogP contribution in [-0.4, -0.2) is 17.1 Å². The van der Waals surface area contributed by atoms with Crippen molar-refractivity contribution in [3.05, 3.63) is 17.1 Å². The number of nitrogens with zero attached hydrogens (tertiary/aromatic N) is 3. The number of hydrogen-bond acceptors (Lipinski definition) is 5. The first-order valence-electron chi connectivity index (χ1n) is 3.55. The fraction of sp³-hybridized carbons (Fsp3) is 0.125. The van der Waals surface area contributed by atoms with Crippen LogP contribution in [0, 0.1) is 11.3 Å². The van der Waals surface area contributed by atoms with E-state index in [1.54, 1.807) is 19.2 Å². The van der Waals surface area contributed by atoms with Gasteiger partial charge >= 0.3 is 0 Å². The van der Waals surface area contributed by atoms with Crippen LogP contribution in [0.3, 0.4) is 0 Å². The van der Waals surface area contributed by atoms with Gasteiger partial charge in [-0.3, -0.25) is 0 Å². The quantitative estimate of drug-likeness (QED) is 0.686. The third-order valence-electron chi connectivity index (χ3n) is 1.53. The van der Waals surface area contributed by atoms with Gasteiger partial charge < -0.3 is 4.74 Å². The van der Waals surface area contributed by atoms with Crippen molar-refractivity contribution < 1.29 is 4.74 Å². The molecule has 2 aromatic rings. The van der Waals surface area contributed by atoms with Crippen LogP contribution >= 0.6 is 11.3 Å². The Labute approximate surface area is 78.4 Å². The van der Waals surface area contributed by atoms with E-state index in [9.17, 15) is 0 Å². The maximum absolute atomic E-state index is 8.60. The van der Waals surface area contributed by atoms with Crippen molar-refractivity contribution in [3.8, 4) is 11.9 Å². The van der Waals surface area contributed by atoms with Crippen LogP contribution in [0.2, 0.25) is 0 Å². The van der Waals surface area contributed by atoms with E-state index in [2.05, 4.69) is 9.97 Å². The summed E-state index contributed by atoms with van der Waals surface area (Å²) < 4.78 is 4.95. The number of rotatable bonds is 1. The van der Waals surface area contributed by atoms with Crippen LogP contribution in [0.15, 0.2) is 12.1 Å². The molecule has 0 amide bonds. The molecule has 0 aliphatic rings. The minimum absolute atomic E-state index is 0.427. The van der Waals surface area contributed by atoms with Crippen molar-refractivity contribution in [2.24, 2.45) is 0 Å². The molecule has 13 heavy (non-hydrogen) atoms. The number of methoxy groups -OCH3 is 1. The first kappa shape index (κ1) is 7.95. The van der Waals surface area contributed by atoms with Crippen LogP contribution < -0.4 is 4.74 Å². The molecule has 64 valence electrons. The van der Waals surface area contributed by atoms with Crippen LogP contribution in [-0.2, 0) is 0 Å². The van der Waals surface area contributed by atoms with E-state index in [4.69, 9.17) is 10.00 Å². The topological polar surface area (TPSA) is 58.8 Å². The summed E-state index contributed by atoms with van der Waals surface area (Å²) in [6.07, 6.45) is 0. The largest absolute Gasteiger partial charge is 0.481 e. The monoisotopic (exact) mass is 191 g/mol. The fourth-order valence-corrected chi connectivity index (χ4v) is 1.69. The van der Waals surface area contributed by atoms with Gasteiger partial charge in [-0.15, -0.1) is 0 Å². The summed E-state index contributed by atoms with van der Waals surface area (Å²) in [4.78, 5) is 8.92. The maximum atomic E-state index is 8.60. The van der Waals surface area contributed by atoms with Gasteiger partial charge in [-0.05, 0) is 6.07 Å². The van der Waals surface area contributed by atoms with E-state index >= 15 is 0 Å². The molecule has 0 spiro atoms. The molecule has 0 aliphatic carbocycles. The highest BCUT2D eigenvalue weighted by atomic mass is 32.1. The molecule has 2 aromatic heterocycles. The number of ether oxygens (including phenoxy) is 1. The van der Waals surface area contributed by atoms with Crippen LogP contribution in [0.25, 0.3) is 10.3 Å². The SMILES string of the molecule is COc1ccc2nc(C#N)sc2n1. The lowest BCUT2D eigenvalue weighted by atomic mass is 10.4. The summed E-state index contributed by atoms with van der Waals surface area (Å²) in [5.41, 5.74) is 0.738. The Morgan fingerprint density at radius 3 is 3.00 bits per heavy atom. The molecule has 2 heterocycles. The highest BCUT2D eigenvalue weighted by Crippen LogP contribution is 2.21. The lowest BCUT2D eigenvalue weighted by molar-refractivity contribution is 0.400. The summed E-state index contributed by atoms with van der Waals surface area (Å²) >= 11 is 1.26. The first-order valence-corrected chi connectivity index (χ1v) is 4.37. The van der Waals surface area contributed by atoms with E-state index in [1.807, 2.05) is 6.07 Å². The molecule has 0 radical (unpaired) electrons. The Hall–Kier alpha value is -1.67. The Kier molecular flexibility index (Phi) is 1.83. The standard InChI is InChI=1S/C8H5N3OS/c1-12-6-3-2-5-8(11-6)13-7(4-9)10-5/h2-3H,1H3. The molecule has 0 atom stereocenters. The highest BCUT2D eigenvalue weighted by molar-refractivity contribution is 7.18. The van der Waals surface area contributed by atoms with Crippen molar-refractivity contribution >= 4 is 21.7 Å². The van der Waals surface area contributed by atoms with Crippen LogP contribution in [0.1, 0.15) is 5.01 Å². The predicted molar refractivity (Wildman–Crippen MR) is 48.7 cm³/mol. The third kappa shape index (κ3) is 1.32. The predicted octanol–water partition coefficient (Wildman–Crippen LogP) is 1.57. The van der Waals surface area contributed by atoms with Gasteiger partial charge in [0.25, 0.3) is 0 Å². The minimum Gasteiger partial charge on any atom is -0.481 e. The first-order chi connectivity index (χ1) is 6.33. The molecular formula is C8H5N3OS. The Bertz CT molecular complexity index is 486. The zero-order valence-electron chi connectivity index (χ0n) is 6.81. The van der Waals surface area contributed by atoms with Gasteiger partial charge in [0.1, 0.15) is 16.4 Å². The molecule has 0 saturated carbocycles. The lowest BCUT2D eigenvalue weighted by Crippen LogP contribution is -1.85. The number of hydrogen-bond donors (Lipinski definition) is 0. The average molecular weight is 191 g/mol. The van der Waals surface area contributed by atoms with E-state index < -0.39 is 0 Å². The van der Waals surface area contributed by atoms with Crippen LogP contribution in [0.5, 0.6) is 5.88 Å². The molecule has 0 saturated heterocycles. The van der Waals surface area contributed by atoms with Crippen molar-refractivity contribution in [1.29, 1.82) is 5.26 Å². The van der Waals surface area contributed by atoms with Gasteiger partial charge in [0.05, 0.1) is 7.11 Å². The number of nitriles is 1. The zero-order valence-corrected chi connectivity index (χ0v) is 7.63. The normalized spacial score (nSPS) is 9.85. The Morgan fingerprint density at radius 2 is 2.31 bits per heavy atom. The van der Waals surface area contributed by atoms with E-state index in [-0.39, 0.29) is 0 Å². The van der Waals surface area contributed by atoms with Gasteiger partial charge in [-0.2, -0.15) is 5.26 Å². The smallest absolute Gasteiger partial charge is 0.214 e. The molecule has 0 bridgehead atoms. The number of fused-ring (bicyclic) bond motifs is 1. The number of aromatic nitrogens is 2. The van der Waals surface area contributed by atoms with E-state index in [0.29, 0.717) is 10.9 Å². The second kappa shape index (κ2) is 2.99. The van der Waals surface area contributed by atoms with Gasteiger partial charge in [0, 0.05) is 6.07 Å². The van der Waals surface area contributed by atoms with Gasteiger partial charge in [-0.25, -0.2) is 9.97 Å². The van der Waals surface area contributed by atoms with E-state index in [1.165, 1.54) is 11.3 Å². The van der Waals surface area contributed by atoms with Gasteiger partial charge in [0.15, 0.2) is 5.01 Å². The van der Waals surface area contributed by atoms with Crippen molar-refractivity contribution in [2.75, 3.05) is 7.11 Å². The number of pyridine rings is 1. The van der Waals surface area contributed by atoms with Crippen LogP contribution in [0.4, 0.5) is 0 Å². The van der Waals surface area contributed by atoms with Gasteiger partial charge in [-0.1, -0.05) is 11.3 Å². The molecular weight excluding hydrogens is 186 g/mol. The fourth-order valence-electron chi connectivity index (χ4n) is 0.962. The van der Waals surface area contributed by atoms with E-state index in [0.717, 1.165) is 10.3 Å². The zero-order chi connectivity index (χ0) is 9.26. The van der Waals surface area contributed by atoms with Crippen molar-refractivity contribution in [3.63, 3.8) is 0 Å². The summed E-state index contributed by atoms with van der Waals surface area (Å²) in [7, 11) is 1.56. The van der Waals surface area contributed by atoms with Crippen molar-refractivity contribution in [2.45, 2.75) is 0 Å². The molecule has 0 unspecified atom stereocenters. The maximum Gasteiger partial charge on any atom is 0.214 e. The lowest BCUT2D eigenvalue weighted by Gasteiger charge is -1.94. The second-order valence-electron chi connectivity index (χ2n) is 2.31. The molecule has 2 rings (SSSR count). The Morgan fingerprint density at radius 1 is 1.46 bits per heavy atom. The van der Waals surface area contributed by atoms with Gasteiger partial charge in [0.2, 0.25) is 5.88 Å². The summed E-state index contributed by atoms with van der Waals surface area (Å²) in [5, 5.41) is 9.03. The summed E-state index contributed by atoms with van der Waals surface area (Å²) in [6.45, 7) is 0. The molecule has 5 heteroatoms. The Balaban J connectivity index is 2.65. The molecule has 0 aliphatic heterocycles. The summed E-state index contributed by atoms with van der Waals surface area (Å²) in [6, 6.07) is 5.50. The molecule has 0 N–H and O–H groups in total. The molecule has 0 aromatic carbocycles. The highest BCUT2D eigenvalue weighted by Gasteiger charge is 2.04. The summed E-state index contributed by atoms with van der Waals surface area (Å²) in [5.74, 6) is 0.542. The molecule has 0 fully saturated rings.